The van der Waals surface area contributed by atoms with Crippen LogP contribution in [0.4, 0.5) is 5.69 Å². The first-order valence-electron chi connectivity index (χ1n) is 6.17. The molecule has 0 amide bonds. The fourth-order valence-corrected chi connectivity index (χ4v) is 2.16. The standard InChI is InChI=1S/C15H16BrNO3/c1-9-4-12(5-10(2)14(9)16)17-7-13-6-11(8-20-13)15(18)19-3/h4-6,8,17H,7H2,1-3H3. The topological polar surface area (TPSA) is 51.5 Å². The highest BCUT2D eigenvalue weighted by Gasteiger charge is 2.10. The number of carbonyl (C=O) groups is 1. The van der Waals surface area contributed by atoms with E-state index in [1.54, 1.807) is 6.07 Å². The minimum Gasteiger partial charge on any atom is -0.467 e. The second-order valence-corrected chi connectivity index (χ2v) is 5.36. The average molecular weight is 338 g/mol. The van der Waals surface area contributed by atoms with Crippen molar-refractivity contribution in [1.82, 2.24) is 0 Å². The van der Waals surface area contributed by atoms with Crippen molar-refractivity contribution >= 4 is 27.6 Å². The first-order chi connectivity index (χ1) is 9.51. The molecule has 1 N–H and O–H groups in total. The van der Waals surface area contributed by atoms with Crippen molar-refractivity contribution in [2.24, 2.45) is 0 Å². The lowest BCUT2D eigenvalue weighted by molar-refractivity contribution is 0.0600. The molecular weight excluding hydrogens is 322 g/mol. The van der Waals surface area contributed by atoms with Gasteiger partial charge in [-0.15, -0.1) is 0 Å². The van der Waals surface area contributed by atoms with Crippen molar-refractivity contribution < 1.29 is 13.9 Å². The van der Waals surface area contributed by atoms with Gasteiger partial charge in [-0.05, 0) is 43.2 Å². The highest BCUT2D eigenvalue weighted by Crippen LogP contribution is 2.25. The highest BCUT2D eigenvalue weighted by atomic mass is 79.9. The lowest BCUT2D eigenvalue weighted by atomic mass is 10.1. The van der Waals surface area contributed by atoms with Crippen molar-refractivity contribution in [3.8, 4) is 0 Å². The Balaban J connectivity index is 2.05. The Hall–Kier alpha value is -1.75. The Morgan fingerprint density at radius 2 is 1.95 bits per heavy atom. The zero-order valence-electron chi connectivity index (χ0n) is 11.6. The Morgan fingerprint density at radius 3 is 2.55 bits per heavy atom. The van der Waals surface area contributed by atoms with Gasteiger partial charge < -0.3 is 14.5 Å². The van der Waals surface area contributed by atoms with Crippen LogP contribution < -0.4 is 5.32 Å². The molecule has 0 unspecified atom stereocenters. The molecular formula is C15H16BrNO3. The SMILES string of the molecule is COC(=O)c1coc(CNc2cc(C)c(Br)c(C)c2)c1. The van der Waals surface area contributed by atoms with E-state index in [0.29, 0.717) is 17.9 Å². The molecule has 0 fully saturated rings. The number of anilines is 1. The van der Waals surface area contributed by atoms with Crippen LogP contribution in [0.5, 0.6) is 0 Å². The summed E-state index contributed by atoms with van der Waals surface area (Å²) in [6.45, 7) is 4.60. The van der Waals surface area contributed by atoms with Gasteiger partial charge in [-0.2, -0.15) is 0 Å². The van der Waals surface area contributed by atoms with E-state index in [0.717, 1.165) is 10.2 Å². The van der Waals surface area contributed by atoms with Crippen LogP contribution in [0.2, 0.25) is 0 Å². The van der Waals surface area contributed by atoms with Crippen molar-refractivity contribution in [3.63, 3.8) is 0 Å². The molecule has 1 heterocycles. The molecule has 2 rings (SSSR count). The summed E-state index contributed by atoms with van der Waals surface area (Å²) in [6.07, 6.45) is 1.40. The molecule has 0 aliphatic heterocycles. The molecule has 0 aliphatic carbocycles. The molecule has 0 spiro atoms. The summed E-state index contributed by atoms with van der Waals surface area (Å²) in [5, 5.41) is 3.27. The van der Waals surface area contributed by atoms with Crippen LogP contribution in [0.1, 0.15) is 27.2 Å². The number of benzene rings is 1. The number of hydrogen-bond acceptors (Lipinski definition) is 4. The average Bonchev–Trinajstić information content (AvgIpc) is 2.90. The quantitative estimate of drug-likeness (QED) is 0.855. The van der Waals surface area contributed by atoms with Crippen LogP contribution in [0.25, 0.3) is 0 Å². The predicted octanol–water partition coefficient (Wildman–Crippen LogP) is 4.06. The van der Waals surface area contributed by atoms with E-state index in [-0.39, 0.29) is 0 Å². The molecule has 0 aliphatic rings. The number of aryl methyl sites for hydroxylation is 2. The number of hydrogen-bond donors (Lipinski definition) is 1. The summed E-state index contributed by atoms with van der Waals surface area (Å²) in [7, 11) is 1.35. The predicted molar refractivity (Wildman–Crippen MR) is 81.0 cm³/mol. The largest absolute Gasteiger partial charge is 0.467 e. The molecule has 0 saturated carbocycles. The Morgan fingerprint density at radius 1 is 1.30 bits per heavy atom. The van der Waals surface area contributed by atoms with E-state index in [2.05, 4.69) is 38.1 Å². The van der Waals surface area contributed by atoms with Gasteiger partial charge in [-0.1, -0.05) is 15.9 Å². The number of esters is 1. The molecule has 5 heteroatoms. The summed E-state index contributed by atoms with van der Waals surface area (Å²) in [4.78, 5) is 11.3. The van der Waals surface area contributed by atoms with Gasteiger partial charge in [-0.25, -0.2) is 4.79 Å². The minimum absolute atomic E-state index is 0.393. The van der Waals surface area contributed by atoms with Crippen molar-refractivity contribution in [1.29, 1.82) is 0 Å². The molecule has 0 atom stereocenters. The van der Waals surface area contributed by atoms with Crippen LogP contribution in [0.3, 0.4) is 0 Å². The highest BCUT2D eigenvalue weighted by molar-refractivity contribution is 9.10. The van der Waals surface area contributed by atoms with Gasteiger partial charge in [0.2, 0.25) is 0 Å². The van der Waals surface area contributed by atoms with Gasteiger partial charge in [0, 0.05) is 10.2 Å². The maximum Gasteiger partial charge on any atom is 0.341 e. The van der Waals surface area contributed by atoms with Gasteiger partial charge in [0.25, 0.3) is 0 Å². The first-order valence-corrected chi connectivity index (χ1v) is 6.97. The third kappa shape index (κ3) is 3.22. The molecule has 2 aromatic rings. The van der Waals surface area contributed by atoms with Crippen LogP contribution in [0, 0.1) is 13.8 Å². The van der Waals surface area contributed by atoms with E-state index < -0.39 is 5.97 Å². The fraction of sp³-hybridized carbons (Fsp3) is 0.267. The summed E-state index contributed by atoms with van der Waals surface area (Å²) >= 11 is 3.54. The van der Waals surface area contributed by atoms with E-state index in [4.69, 9.17) is 4.42 Å². The number of methoxy groups -OCH3 is 1. The monoisotopic (exact) mass is 337 g/mol. The van der Waals surface area contributed by atoms with Crippen molar-refractivity contribution in [2.45, 2.75) is 20.4 Å². The van der Waals surface area contributed by atoms with Crippen LogP contribution >= 0.6 is 15.9 Å². The number of carbonyl (C=O) groups excluding carboxylic acids is 1. The van der Waals surface area contributed by atoms with Gasteiger partial charge in [-0.3, -0.25) is 0 Å². The summed E-state index contributed by atoms with van der Waals surface area (Å²) < 4.78 is 11.1. The normalized spacial score (nSPS) is 10.4. The van der Waals surface area contributed by atoms with Gasteiger partial charge >= 0.3 is 5.97 Å². The molecule has 1 aromatic carbocycles. The van der Waals surface area contributed by atoms with Gasteiger partial charge in [0.15, 0.2) is 0 Å². The molecule has 1 aromatic heterocycles. The van der Waals surface area contributed by atoms with Crippen molar-refractivity contribution in [2.75, 3.05) is 12.4 Å². The van der Waals surface area contributed by atoms with Crippen LogP contribution in [-0.2, 0) is 11.3 Å². The van der Waals surface area contributed by atoms with Crippen molar-refractivity contribution in [3.05, 3.63) is 51.4 Å². The summed E-state index contributed by atoms with van der Waals surface area (Å²) in [5.74, 6) is 0.291. The zero-order valence-corrected chi connectivity index (χ0v) is 13.2. The lowest BCUT2D eigenvalue weighted by Crippen LogP contribution is -2.00. The molecule has 0 saturated heterocycles. The van der Waals surface area contributed by atoms with E-state index in [9.17, 15) is 4.79 Å². The lowest BCUT2D eigenvalue weighted by Gasteiger charge is -2.09. The molecule has 106 valence electrons. The summed E-state index contributed by atoms with van der Waals surface area (Å²) in [5.41, 5.74) is 3.77. The zero-order chi connectivity index (χ0) is 14.7. The van der Waals surface area contributed by atoms with E-state index >= 15 is 0 Å². The summed E-state index contributed by atoms with van der Waals surface area (Å²) in [6, 6.07) is 5.79. The second kappa shape index (κ2) is 6.13. The molecule has 4 nitrogen and oxygen atoms in total. The number of nitrogens with one attached hydrogen (secondary N) is 1. The second-order valence-electron chi connectivity index (χ2n) is 4.57. The number of furan rings is 1. The van der Waals surface area contributed by atoms with E-state index in [1.807, 2.05) is 13.8 Å². The van der Waals surface area contributed by atoms with Crippen LogP contribution in [0.15, 0.2) is 33.4 Å². The maximum absolute atomic E-state index is 11.3. The number of halogens is 1. The molecule has 20 heavy (non-hydrogen) atoms. The number of rotatable bonds is 4. The smallest absolute Gasteiger partial charge is 0.341 e. The molecule has 0 radical (unpaired) electrons. The van der Waals surface area contributed by atoms with Gasteiger partial charge in [0.1, 0.15) is 12.0 Å². The van der Waals surface area contributed by atoms with E-state index in [1.165, 1.54) is 24.5 Å². The fourth-order valence-electron chi connectivity index (χ4n) is 1.94. The Kier molecular flexibility index (Phi) is 4.49. The first kappa shape index (κ1) is 14.7. The number of ether oxygens (including phenoxy) is 1. The Labute approximate surface area is 126 Å². The maximum atomic E-state index is 11.3. The van der Waals surface area contributed by atoms with Gasteiger partial charge in [0.05, 0.1) is 19.2 Å². The van der Waals surface area contributed by atoms with Crippen LogP contribution in [-0.4, -0.2) is 13.1 Å². The third-order valence-corrected chi connectivity index (χ3v) is 4.23. The Bertz CT molecular complexity index is 611. The minimum atomic E-state index is -0.393. The molecule has 0 bridgehead atoms. The third-order valence-electron chi connectivity index (χ3n) is 2.98.